The van der Waals surface area contributed by atoms with Gasteiger partial charge in [0, 0.05) is 30.0 Å². The molecule has 1 saturated heterocycles. The summed E-state index contributed by atoms with van der Waals surface area (Å²) >= 11 is 7.74. The molecule has 0 saturated carbocycles. The number of rotatable bonds is 5. The van der Waals surface area contributed by atoms with Crippen LogP contribution < -0.4 is 0 Å². The Balaban J connectivity index is 1.47. The summed E-state index contributed by atoms with van der Waals surface area (Å²) in [5, 5.41) is 1.91. The average Bonchev–Trinajstić information content (AvgIpc) is 3.02. The van der Waals surface area contributed by atoms with Crippen LogP contribution >= 0.6 is 22.9 Å². The zero-order valence-electron chi connectivity index (χ0n) is 17.7. The number of aryl methyl sites for hydroxylation is 1. The minimum atomic E-state index is -0.462. The Morgan fingerprint density at radius 3 is 2.90 bits per heavy atom. The summed E-state index contributed by atoms with van der Waals surface area (Å²) in [5.74, 6) is 0.646. The van der Waals surface area contributed by atoms with Crippen molar-refractivity contribution in [1.29, 1.82) is 0 Å². The lowest BCUT2D eigenvalue weighted by Gasteiger charge is -2.34. The molecule has 0 spiro atoms. The van der Waals surface area contributed by atoms with Crippen LogP contribution in [0.1, 0.15) is 61.5 Å². The van der Waals surface area contributed by atoms with Gasteiger partial charge in [0.05, 0.1) is 23.8 Å². The molecule has 0 radical (unpaired) electrons. The molecule has 7 heteroatoms. The molecule has 2 heterocycles. The first-order valence-corrected chi connectivity index (χ1v) is 11.5. The summed E-state index contributed by atoms with van der Waals surface area (Å²) in [6.07, 6.45) is 8.84. The van der Waals surface area contributed by atoms with E-state index < -0.39 is 5.60 Å². The SMILES string of the molecule is Cc1nc(C2C=CC(Cl)=CC2)sc1COCC1CCCN(C(=O)OC(C)(C)C)C1. The van der Waals surface area contributed by atoms with Crippen LogP contribution in [0, 0.1) is 12.8 Å². The Morgan fingerprint density at radius 2 is 2.21 bits per heavy atom. The maximum Gasteiger partial charge on any atom is 0.410 e. The van der Waals surface area contributed by atoms with Crippen LogP contribution in [0.3, 0.4) is 0 Å². The maximum absolute atomic E-state index is 12.3. The van der Waals surface area contributed by atoms with Crippen molar-refractivity contribution in [2.45, 2.75) is 65.1 Å². The second kappa shape index (κ2) is 9.63. The average molecular weight is 439 g/mol. The van der Waals surface area contributed by atoms with Crippen LogP contribution in [0.15, 0.2) is 23.3 Å². The van der Waals surface area contributed by atoms with Crippen molar-refractivity contribution >= 4 is 29.0 Å². The predicted octanol–water partition coefficient (Wildman–Crippen LogP) is 5.78. The van der Waals surface area contributed by atoms with Crippen molar-refractivity contribution in [3.8, 4) is 0 Å². The fraction of sp³-hybridized carbons (Fsp3) is 0.636. The second-order valence-electron chi connectivity index (χ2n) is 8.80. The molecule has 0 bridgehead atoms. The number of carbonyl (C=O) groups is 1. The standard InChI is InChI=1S/C22H31ClN2O3S/c1-15-19(29-20(24-15)17-7-9-18(23)10-8-17)14-27-13-16-6-5-11-25(12-16)21(26)28-22(2,3)4/h7,9-10,16-17H,5-6,8,11-14H2,1-4H3. The molecule has 1 aliphatic carbocycles. The lowest BCUT2D eigenvalue weighted by atomic mass is 9.99. The normalized spacial score (nSPS) is 22.5. The molecule has 2 unspecified atom stereocenters. The van der Waals surface area contributed by atoms with Gasteiger partial charge in [-0.2, -0.15) is 0 Å². The number of hydrogen-bond donors (Lipinski definition) is 0. The number of piperidine rings is 1. The quantitative estimate of drug-likeness (QED) is 0.584. The van der Waals surface area contributed by atoms with Crippen molar-refractivity contribution < 1.29 is 14.3 Å². The molecule has 160 valence electrons. The van der Waals surface area contributed by atoms with Gasteiger partial charge in [0.25, 0.3) is 0 Å². The molecule has 0 aromatic carbocycles. The van der Waals surface area contributed by atoms with E-state index >= 15 is 0 Å². The van der Waals surface area contributed by atoms with Gasteiger partial charge in [0.15, 0.2) is 0 Å². The topological polar surface area (TPSA) is 51.7 Å². The van der Waals surface area contributed by atoms with Crippen LogP contribution in [0.2, 0.25) is 0 Å². The summed E-state index contributed by atoms with van der Waals surface area (Å²) in [7, 11) is 0. The number of thiazole rings is 1. The number of ether oxygens (including phenoxy) is 2. The first kappa shape index (κ1) is 22.3. The summed E-state index contributed by atoms with van der Waals surface area (Å²) in [6, 6.07) is 0. The maximum atomic E-state index is 12.3. The van der Waals surface area contributed by atoms with E-state index in [4.69, 9.17) is 26.1 Å². The zero-order valence-corrected chi connectivity index (χ0v) is 19.3. The van der Waals surface area contributed by atoms with E-state index in [0.29, 0.717) is 31.6 Å². The van der Waals surface area contributed by atoms with Crippen molar-refractivity contribution in [3.05, 3.63) is 38.8 Å². The van der Waals surface area contributed by atoms with Gasteiger partial charge in [0.2, 0.25) is 0 Å². The number of allylic oxidation sites excluding steroid dienone is 4. The van der Waals surface area contributed by atoms with Crippen LogP contribution in [-0.4, -0.2) is 41.3 Å². The third-order valence-electron chi connectivity index (χ3n) is 5.04. The van der Waals surface area contributed by atoms with Crippen LogP contribution in [0.5, 0.6) is 0 Å². The second-order valence-corrected chi connectivity index (χ2v) is 10.4. The van der Waals surface area contributed by atoms with E-state index in [1.165, 1.54) is 4.88 Å². The number of carbonyl (C=O) groups excluding carboxylic acids is 1. The molecular weight excluding hydrogens is 408 g/mol. The van der Waals surface area contributed by atoms with E-state index in [9.17, 15) is 4.79 Å². The van der Waals surface area contributed by atoms with Gasteiger partial charge < -0.3 is 14.4 Å². The Morgan fingerprint density at radius 1 is 1.41 bits per heavy atom. The zero-order chi connectivity index (χ0) is 21.0. The van der Waals surface area contributed by atoms with Gasteiger partial charge in [-0.05, 0) is 53.0 Å². The molecule has 1 aliphatic heterocycles. The van der Waals surface area contributed by atoms with Gasteiger partial charge in [-0.1, -0.05) is 23.8 Å². The molecular formula is C22H31ClN2O3S. The molecule has 0 N–H and O–H groups in total. The molecule has 5 nitrogen and oxygen atoms in total. The van der Waals surface area contributed by atoms with E-state index in [0.717, 1.165) is 41.5 Å². The van der Waals surface area contributed by atoms with Crippen LogP contribution in [0.4, 0.5) is 4.79 Å². The lowest BCUT2D eigenvalue weighted by Crippen LogP contribution is -2.43. The summed E-state index contributed by atoms with van der Waals surface area (Å²) in [5.41, 5.74) is 0.578. The van der Waals surface area contributed by atoms with Crippen molar-refractivity contribution in [2.75, 3.05) is 19.7 Å². The highest BCUT2D eigenvalue weighted by Crippen LogP contribution is 2.32. The number of hydrogen-bond acceptors (Lipinski definition) is 5. The Labute approximate surface area is 182 Å². The molecule has 2 aliphatic rings. The van der Waals surface area contributed by atoms with Crippen molar-refractivity contribution in [2.24, 2.45) is 5.92 Å². The van der Waals surface area contributed by atoms with Gasteiger partial charge >= 0.3 is 6.09 Å². The molecule has 1 aromatic heterocycles. The first-order valence-electron chi connectivity index (χ1n) is 10.3. The van der Waals surface area contributed by atoms with Gasteiger partial charge in [-0.25, -0.2) is 9.78 Å². The van der Waals surface area contributed by atoms with Crippen LogP contribution in [0.25, 0.3) is 0 Å². The smallest absolute Gasteiger partial charge is 0.410 e. The van der Waals surface area contributed by atoms with Crippen molar-refractivity contribution in [3.63, 3.8) is 0 Å². The Hall–Kier alpha value is -1.37. The Kier molecular flexibility index (Phi) is 7.41. The molecule has 2 atom stereocenters. The monoisotopic (exact) mass is 438 g/mol. The summed E-state index contributed by atoms with van der Waals surface area (Å²) in [4.78, 5) is 20.0. The fourth-order valence-corrected chi connectivity index (χ4v) is 4.79. The summed E-state index contributed by atoms with van der Waals surface area (Å²) < 4.78 is 11.5. The molecule has 1 aromatic rings. The third kappa shape index (κ3) is 6.56. The number of amides is 1. The van der Waals surface area contributed by atoms with Gasteiger partial charge in [-0.3, -0.25) is 0 Å². The fourth-order valence-electron chi connectivity index (χ4n) is 3.53. The highest BCUT2D eigenvalue weighted by atomic mass is 35.5. The summed E-state index contributed by atoms with van der Waals surface area (Å²) in [6.45, 7) is 10.4. The number of nitrogens with zero attached hydrogens (tertiary/aromatic N) is 2. The number of likely N-dealkylation sites (tertiary alicyclic amines) is 1. The minimum absolute atomic E-state index is 0.222. The van der Waals surface area contributed by atoms with Gasteiger partial charge in [-0.15, -0.1) is 11.3 Å². The number of halogens is 1. The molecule has 1 amide bonds. The lowest BCUT2D eigenvalue weighted by molar-refractivity contribution is 0.00610. The molecule has 29 heavy (non-hydrogen) atoms. The van der Waals surface area contributed by atoms with Crippen molar-refractivity contribution in [1.82, 2.24) is 9.88 Å². The largest absolute Gasteiger partial charge is 0.444 e. The number of aromatic nitrogens is 1. The Bertz CT molecular complexity index is 782. The third-order valence-corrected chi connectivity index (χ3v) is 6.58. The predicted molar refractivity (Wildman–Crippen MR) is 117 cm³/mol. The van der Waals surface area contributed by atoms with E-state index in [2.05, 4.69) is 6.08 Å². The minimum Gasteiger partial charge on any atom is -0.444 e. The molecule has 3 rings (SSSR count). The van der Waals surface area contributed by atoms with Gasteiger partial charge in [0.1, 0.15) is 10.6 Å². The van der Waals surface area contributed by atoms with E-state index in [1.807, 2.05) is 44.7 Å². The van der Waals surface area contributed by atoms with E-state index in [1.54, 1.807) is 11.3 Å². The van der Waals surface area contributed by atoms with E-state index in [-0.39, 0.29) is 6.09 Å². The highest BCUT2D eigenvalue weighted by molar-refractivity contribution is 7.11. The van der Waals surface area contributed by atoms with Crippen LogP contribution in [-0.2, 0) is 16.1 Å². The highest BCUT2D eigenvalue weighted by Gasteiger charge is 2.27. The first-order chi connectivity index (χ1) is 13.7. The molecule has 1 fully saturated rings.